The standard InChI is InChI=1S/C21H24N2O4.2ClH/c1-13(11-14-3-5-15(27-2)6-4-14)22-12-19(25)16-7-9-18(24)21-17(16)8-10-20(26)23-21;;/h3-10,13,19,22,24-25H,11-12H2,1-2H3,(H,23,26);2*1H/t13?,19-;;/m0../s1. The van der Waals surface area contributed by atoms with Gasteiger partial charge in [0.25, 0.3) is 0 Å². The van der Waals surface area contributed by atoms with Crippen LogP contribution >= 0.6 is 24.8 Å². The van der Waals surface area contributed by atoms with E-state index in [0.29, 0.717) is 23.0 Å². The normalized spacial score (nSPS) is 12.5. The average Bonchev–Trinajstić information content (AvgIpc) is 2.67. The number of hydrogen-bond donors (Lipinski definition) is 4. The van der Waals surface area contributed by atoms with E-state index in [0.717, 1.165) is 12.2 Å². The molecule has 6 nitrogen and oxygen atoms in total. The maximum absolute atomic E-state index is 11.5. The Bertz CT molecular complexity index is 977. The van der Waals surface area contributed by atoms with Crippen molar-refractivity contribution in [1.29, 1.82) is 0 Å². The molecule has 1 heterocycles. The van der Waals surface area contributed by atoms with Crippen LogP contribution in [0.3, 0.4) is 0 Å². The highest BCUT2D eigenvalue weighted by molar-refractivity contribution is 5.87. The van der Waals surface area contributed by atoms with Gasteiger partial charge in [0.1, 0.15) is 11.5 Å². The van der Waals surface area contributed by atoms with Crippen LogP contribution in [0.25, 0.3) is 10.9 Å². The van der Waals surface area contributed by atoms with E-state index in [1.165, 1.54) is 17.7 Å². The number of ether oxygens (including phenoxy) is 1. The number of fused-ring (bicyclic) bond motifs is 1. The third kappa shape index (κ3) is 6.11. The second kappa shape index (κ2) is 11.1. The van der Waals surface area contributed by atoms with Gasteiger partial charge in [0.15, 0.2) is 0 Å². The molecule has 3 rings (SSSR count). The minimum absolute atomic E-state index is 0. The predicted molar refractivity (Wildman–Crippen MR) is 120 cm³/mol. The SMILES string of the molecule is COc1ccc(CC(C)NC[C@H](O)c2ccc(O)c3[nH]c(=O)ccc23)cc1.Cl.Cl. The predicted octanol–water partition coefficient (Wildman–Crippen LogP) is 3.34. The molecule has 0 aliphatic heterocycles. The minimum atomic E-state index is -0.766. The van der Waals surface area contributed by atoms with Gasteiger partial charge in [-0.25, -0.2) is 0 Å². The Hall–Kier alpha value is -2.25. The first-order chi connectivity index (χ1) is 13.0. The lowest BCUT2D eigenvalue weighted by molar-refractivity contribution is 0.172. The van der Waals surface area contributed by atoms with Crippen LogP contribution < -0.4 is 15.6 Å². The molecule has 1 unspecified atom stereocenters. The van der Waals surface area contributed by atoms with Crippen LogP contribution in [0.15, 0.2) is 53.3 Å². The van der Waals surface area contributed by atoms with E-state index in [4.69, 9.17) is 4.74 Å². The van der Waals surface area contributed by atoms with Crippen LogP contribution in [-0.4, -0.2) is 34.9 Å². The Labute approximate surface area is 181 Å². The van der Waals surface area contributed by atoms with E-state index < -0.39 is 6.10 Å². The molecule has 158 valence electrons. The summed E-state index contributed by atoms with van der Waals surface area (Å²) >= 11 is 0. The van der Waals surface area contributed by atoms with Crippen LogP contribution in [0, 0.1) is 0 Å². The van der Waals surface area contributed by atoms with E-state index in [1.54, 1.807) is 19.2 Å². The lowest BCUT2D eigenvalue weighted by Crippen LogP contribution is -2.32. The van der Waals surface area contributed by atoms with Gasteiger partial charge >= 0.3 is 0 Å². The summed E-state index contributed by atoms with van der Waals surface area (Å²) in [6.07, 6.45) is 0.0534. The molecule has 3 aromatic rings. The van der Waals surface area contributed by atoms with Crippen molar-refractivity contribution in [3.63, 3.8) is 0 Å². The molecule has 1 aromatic heterocycles. The number of aliphatic hydroxyl groups excluding tert-OH is 1. The van der Waals surface area contributed by atoms with Gasteiger partial charge in [0, 0.05) is 24.0 Å². The highest BCUT2D eigenvalue weighted by Crippen LogP contribution is 2.28. The maximum Gasteiger partial charge on any atom is 0.248 e. The number of halogens is 2. The Morgan fingerprint density at radius 3 is 2.41 bits per heavy atom. The van der Waals surface area contributed by atoms with Crippen molar-refractivity contribution in [3.05, 3.63) is 70.0 Å². The Morgan fingerprint density at radius 2 is 1.76 bits per heavy atom. The Balaban J connectivity index is 0.00000210. The number of rotatable bonds is 7. The van der Waals surface area contributed by atoms with Crippen LogP contribution in [0.1, 0.15) is 24.2 Å². The number of methoxy groups -OCH3 is 1. The fourth-order valence-corrected chi connectivity index (χ4v) is 3.16. The number of H-pyrrole nitrogens is 1. The van der Waals surface area contributed by atoms with Gasteiger partial charge in [-0.15, -0.1) is 24.8 Å². The second-order valence-electron chi connectivity index (χ2n) is 6.66. The van der Waals surface area contributed by atoms with Crippen molar-refractivity contribution < 1.29 is 14.9 Å². The zero-order valence-electron chi connectivity index (χ0n) is 16.2. The summed E-state index contributed by atoms with van der Waals surface area (Å²) < 4.78 is 5.16. The molecule has 0 amide bonds. The molecule has 0 aliphatic rings. The summed E-state index contributed by atoms with van der Waals surface area (Å²) in [5.41, 5.74) is 1.88. The number of aromatic hydroxyl groups is 1. The number of benzene rings is 2. The zero-order chi connectivity index (χ0) is 19.4. The van der Waals surface area contributed by atoms with Gasteiger partial charge in [-0.3, -0.25) is 4.79 Å². The summed E-state index contributed by atoms with van der Waals surface area (Å²) in [5.74, 6) is 0.812. The lowest BCUT2D eigenvalue weighted by atomic mass is 10.0. The quantitative estimate of drug-likeness (QED) is 0.451. The van der Waals surface area contributed by atoms with Crippen molar-refractivity contribution in [2.75, 3.05) is 13.7 Å². The molecule has 4 N–H and O–H groups in total. The number of phenols is 1. The molecule has 0 radical (unpaired) electrons. The van der Waals surface area contributed by atoms with Crippen LogP contribution in [0.2, 0.25) is 0 Å². The first kappa shape index (κ1) is 24.8. The lowest BCUT2D eigenvalue weighted by Gasteiger charge is -2.19. The summed E-state index contributed by atoms with van der Waals surface area (Å²) in [7, 11) is 1.64. The fourth-order valence-electron chi connectivity index (χ4n) is 3.16. The van der Waals surface area contributed by atoms with Gasteiger partial charge in [0.2, 0.25) is 5.56 Å². The average molecular weight is 441 g/mol. The monoisotopic (exact) mass is 440 g/mol. The molecule has 2 atom stereocenters. The Kier molecular flexibility index (Phi) is 9.46. The van der Waals surface area contributed by atoms with Crippen molar-refractivity contribution in [2.45, 2.75) is 25.5 Å². The largest absolute Gasteiger partial charge is 0.506 e. The van der Waals surface area contributed by atoms with Gasteiger partial charge in [-0.2, -0.15) is 0 Å². The number of pyridine rings is 1. The van der Waals surface area contributed by atoms with E-state index in [1.807, 2.05) is 24.3 Å². The van der Waals surface area contributed by atoms with E-state index in [-0.39, 0.29) is 42.2 Å². The Morgan fingerprint density at radius 1 is 1.07 bits per heavy atom. The highest BCUT2D eigenvalue weighted by atomic mass is 35.5. The number of aliphatic hydroxyl groups is 1. The zero-order valence-corrected chi connectivity index (χ0v) is 17.8. The molecule has 0 saturated carbocycles. The molecular formula is C21H26Cl2N2O4. The summed E-state index contributed by atoms with van der Waals surface area (Å²) in [4.78, 5) is 14.1. The number of nitrogens with one attached hydrogen (secondary N) is 2. The number of aromatic nitrogens is 1. The molecule has 8 heteroatoms. The first-order valence-electron chi connectivity index (χ1n) is 8.87. The van der Waals surface area contributed by atoms with E-state index in [2.05, 4.69) is 17.2 Å². The molecule has 0 bridgehead atoms. The number of hydrogen-bond acceptors (Lipinski definition) is 5. The van der Waals surface area contributed by atoms with Crippen LogP contribution in [-0.2, 0) is 6.42 Å². The summed E-state index contributed by atoms with van der Waals surface area (Å²) in [6.45, 7) is 2.42. The molecule has 0 fully saturated rings. The maximum atomic E-state index is 11.5. The molecule has 29 heavy (non-hydrogen) atoms. The molecular weight excluding hydrogens is 415 g/mol. The van der Waals surface area contributed by atoms with Crippen molar-refractivity contribution in [1.82, 2.24) is 10.3 Å². The minimum Gasteiger partial charge on any atom is -0.506 e. The third-order valence-corrected chi connectivity index (χ3v) is 4.63. The highest BCUT2D eigenvalue weighted by Gasteiger charge is 2.15. The molecule has 0 spiro atoms. The van der Waals surface area contributed by atoms with Gasteiger partial charge in [-0.05, 0) is 48.7 Å². The number of phenolic OH excluding ortho intramolecular Hbond substituents is 1. The topological polar surface area (TPSA) is 94.6 Å². The summed E-state index contributed by atoms with van der Waals surface area (Å²) in [5, 5.41) is 24.5. The third-order valence-electron chi connectivity index (χ3n) is 4.63. The van der Waals surface area contributed by atoms with Crippen molar-refractivity contribution >= 4 is 35.7 Å². The molecule has 2 aromatic carbocycles. The smallest absolute Gasteiger partial charge is 0.248 e. The molecule has 0 aliphatic carbocycles. The van der Waals surface area contributed by atoms with E-state index in [9.17, 15) is 15.0 Å². The van der Waals surface area contributed by atoms with Crippen molar-refractivity contribution in [2.24, 2.45) is 0 Å². The van der Waals surface area contributed by atoms with Gasteiger partial charge in [-0.1, -0.05) is 18.2 Å². The number of aromatic amines is 1. The van der Waals surface area contributed by atoms with Crippen LogP contribution in [0.5, 0.6) is 11.5 Å². The van der Waals surface area contributed by atoms with Gasteiger partial charge in [0.05, 0.1) is 18.7 Å². The van der Waals surface area contributed by atoms with Crippen molar-refractivity contribution in [3.8, 4) is 11.5 Å². The first-order valence-corrected chi connectivity index (χ1v) is 8.87. The van der Waals surface area contributed by atoms with Crippen LogP contribution in [0.4, 0.5) is 0 Å². The van der Waals surface area contributed by atoms with E-state index >= 15 is 0 Å². The second-order valence-corrected chi connectivity index (χ2v) is 6.66. The molecule has 0 saturated heterocycles. The fraction of sp³-hybridized carbons (Fsp3) is 0.286. The summed E-state index contributed by atoms with van der Waals surface area (Å²) in [6, 6.07) is 14.2. The van der Waals surface area contributed by atoms with Gasteiger partial charge < -0.3 is 25.3 Å².